The van der Waals surface area contributed by atoms with Crippen LogP contribution in [0.25, 0.3) is 0 Å². The van der Waals surface area contributed by atoms with Crippen LogP contribution in [-0.2, 0) is 9.47 Å². The molecule has 0 amide bonds. The van der Waals surface area contributed by atoms with Crippen LogP contribution in [0.2, 0.25) is 17.7 Å². The summed E-state index contributed by atoms with van der Waals surface area (Å²) < 4.78 is 18.0. The van der Waals surface area contributed by atoms with Crippen molar-refractivity contribution >= 4 is 18.4 Å². The van der Waals surface area contributed by atoms with Crippen molar-refractivity contribution in [2.75, 3.05) is 26.4 Å². The zero-order chi connectivity index (χ0) is 35.9. The van der Waals surface area contributed by atoms with Crippen LogP contribution < -0.4 is 0 Å². The molecule has 5 heteroatoms. The summed E-state index contributed by atoms with van der Waals surface area (Å²) in [5.41, 5.74) is 0. The number of hydrogen-bond acceptors (Lipinski definition) is 4. The third-order valence-corrected chi connectivity index (χ3v) is 26.4. The fourth-order valence-electron chi connectivity index (χ4n) is 7.52. The molecule has 296 valence electrons. The topological polar surface area (TPSA) is 58.9 Å². The Hall–Kier alpha value is 0.639. The molecule has 0 rings (SSSR count). The summed E-state index contributed by atoms with van der Waals surface area (Å²) in [6.45, 7) is 11.8. The molecule has 0 heterocycles. The van der Waals surface area contributed by atoms with Crippen LogP contribution >= 0.6 is 0 Å². The molecule has 0 bridgehead atoms. The Morgan fingerprint density at radius 3 is 0.918 bits per heavy atom. The fraction of sp³-hybridized carbons (Fsp3) is 1.00. The minimum Gasteiger partial charge on any atom is -0.0654 e. The standard InChI is InChI=1S/2C14H29O2.2C8H17.Sn/c2*1-3-5-6-7-8-9-10-11-12-14(15)13-16-4-2;2*1-3-5-7-8-6-4-2;/h2*14-15H,2-13H2,1H3;2*1,3-8H2,2H3;. The average Bonchev–Trinajstić information content (AvgIpc) is 3.10. The number of aliphatic hydroxyl groups excluding tert-OH is 2. The first-order valence-electron chi connectivity index (χ1n) is 22.5. The molecule has 2 unspecified atom stereocenters. The Kier molecular flexibility index (Phi) is 40.4. The minimum absolute atomic E-state index is 0.312. The first kappa shape index (κ1) is 49.6. The first-order valence-corrected chi connectivity index (χ1v) is 30.6. The number of aliphatic hydroxyl groups is 2. The molecule has 0 aliphatic rings. The molecule has 0 radical (unpaired) electrons. The SMILES string of the molecule is CCCCCCCCCCC(O)COC[CH2][Sn]([CH2]CCCCCCC)([CH2]CCCCCCC)[CH2]COCC(O)CCCCCCCCCC. The van der Waals surface area contributed by atoms with Gasteiger partial charge in [-0.3, -0.25) is 0 Å². The van der Waals surface area contributed by atoms with Gasteiger partial charge >= 0.3 is 275 Å². The number of ether oxygens (including phenoxy) is 2. The summed E-state index contributed by atoms with van der Waals surface area (Å²) >= 11 is -2.53. The summed E-state index contributed by atoms with van der Waals surface area (Å²) in [5, 5.41) is 21.3. The smallest absolute Gasteiger partial charge is 0.0654 e. The quantitative estimate of drug-likeness (QED) is 0.0477. The van der Waals surface area contributed by atoms with Crippen molar-refractivity contribution in [2.24, 2.45) is 0 Å². The predicted octanol–water partition coefficient (Wildman–Crippen LogP) is 14.0. The predicted molar refractivity (Wildman–Crippen MR) is 220 cm³/mol. The van der Waals surface area contributed by atoms with Crippen molar-refractivity contribution in [1.29, 1.82) is 0 Å². The van der Waals surface area contributed by atoms with Gasteiger partial charge in [0, 0.05) is 0 Å². The minimum atomic E-state index is -2.53. The van der Waals surface area contributed by atoms with Crippen molar-refractivity contribution < 1.29 is 19.7 Å². The molecule has 2 atom stereocenters. The Labute approximate surface area is 313 Å². The maximum absolute atomic E-state index is 10.6. The van der Waals surface area contributed by atoms with Gasteiger partial charge in [-0.05, 0) is 0 Å². The zero-order valence-electron chi connectivity index (χ0n) is 34.2. The fourth-order valence-corrected chi connectivity index (χ4v) is 20.8. The molecular weight excluding hydrogens is 711 g/mol. The third kappa shape index (κ3) is 35.4. The van der Waals surface area contributed by atoms with Gasteiger partial charge in [-0.2, -0.15) is 0 Å². The number of rotatable bonds is 42. The van der Waals surface area contributed by atoms with E-state index in [-0.39, 0.29) is 12.2 Å². The van der Waals surface area contributed by atoms with Gasteiger partial charge in [-0.1, -0.05) is 39.5 Å². The number of unbranched alkanes of at least 4 members (excludes halogenated alkanes) is 24. The van der Waals surface area contributed by atoms with E-state index in [1.165, 1.54) is 185 Å². The molecule has 0 aromatic carbocycles. The van der Waals surface area contributed by atoms with E-state index in [0.29, 0.717) is 13.2 Å². The second kappa shape index (κ2) is 39.8. The Bertz CT molecular complexity index is 566. The maximum atomic E-state index is 10.6. The average molecular weight is 804 g/mol. The van der Waals surface area contributed by atoms with Crippen LogP contribution in [0.4, 0.5) is 0 Å². The van der Waals surface area contributed by atoms with Crippen molar-refractivity contribution in [3.05, 3.63) is 0 Å². The molecule has 0 saturated carbocycles. The van der Waals surface area contributed by atoms with Crippen molar-refractivity contribution in [3.63, 3.8) is 0 Å². The van der Waals surface area contributed by atoms with Crippen LogP contribution in [0.15, 0.2) is 0 Å². The molecule has 2 N–H and O–H groups in total. The molecule has 0 saturated heterocycles. The Balaban J connectivity index is 4.85. The van der Waals surface area contributed by atoms with Crippen LogP contribution in [0.5, 0.6) is 0 Å². The third-order valence-electron chi connectivity index (χ3n) is 11.1. The molecular formula is C44H92O4Sn. The molecule has 0 fully saturated rings. The van der Waals surface area contributed by atoms with Crippen molar-refractivity contribution in [1.82, 2.24) is 0 Å². The zero-order valence-corrected chi connectivity index (χ0v) is 37.1. The van der Waals surface area contributed by atoms with Gasteiger partial charge < -0.3 is 0 Å². The van der Waals surface area contributed by atoms with E-state index >= 15 is 0 Å². The Morgan fingerprint density at radius 2 is 0.612 bits per heavy atom. The van der Waals surface area contributed by atoms with E-state index < -0.39 is 18.4 Å². The molecule has 0 aromatic rings. The van der Waals surface area contributed by atoms with Crippen molar-refractivity contribution in [3.8, 4) is 0 Å². The van der Waals surface area contributed by atoms with E-state index in [0.717, 1.165) is 38.9 Å². The first-order chi connectivity index (χ1) is 24.0. The molecule has 0 aromatic heterocycles. The summed E-state index contributed by atoms with van der Waals surface area (Å²) in [7, 11) is 0. The van der Waals surface area contributed by atoms with Gasteiger partial charge in [0.25, 0.3) is 0 Å². The van der Waals surface area contributed by atoms with E-state index in [1.54, 1.807) is 0 Å². The van der Waals surface area contributed by atoms with E-state index in [1.807, 2.05) is 0 Å². The molecule has 49 heavy (non-hydrogen) atoms. The number of hydrogen-bond donors (Lipinski definition) is 2. The van der Waals surface area contributed by atoms with Crippen molar-refractivity contribution in [2.45, 2.75) is 250 Å². The normalized spacial score (nSPS) is 13.3. The van der Waals surface area contributed by atoms with Gasteiger partial charge in [0.05, 0.1) is 0 Å². The monoisotopic (exact) mass is 805 g/mol. The summed E-state index contributed by atoms with van der Waals surface area (Å²) in [6.07, 6.45) is 38.5. The van der Waals surface area contributed by atoms with Crippen LogP contribution in [0.3, 0.4) is 0 Å². The van der Waals surface area contributed by atoms with Gasteiger partial charge in [0.15, 0.2) is 0 Å². The van der Waals surface area contributed by atoms with E-state index in [4.69, 9.17) is 9.47 Å². The van der Waals surface area contributed by atoms with Gasteiger partial charge in [-0.25, -0.2) is 0 Å². The van der Waals surface area contributed by atoms with E-state index in [9.17, 15) is 10.2 Å². The summed E-state index contributed by atoms with van der Waals surface area (Å²) in [6, 6.07) is 0. The molecule has 0 aliphatic carbocycles. The van der Waals surface area contributed by atoms with Crippen LogP contribution in [0, 0.1) is 0 Å². The van der Waals surface area contributed by atoms with Crippen LogP contribution in [-0.4, -0.2) is 67.2 Å². The molecule has 4 nitrogen and oxygen atoms in total. The molecule has 0 spiro atoms. The molecule has 0 aliphatic heterocycles. The summed E-state index contributed by atoms with van der Waals surface area (Å²) in [5.74, 6) is 0. The van der Waals surface area contributed by atoms with Gasteiger partial charge in [0.1, 0.15) is 0 Å². The van der Waals surface area contributed by atoms with Gasteiger partial charge in [-0.15, -0.1) is 0 Å². The van der Waals surface area contributed by atoms with Gasteiger partial charge in [0.2, 0.25) is 0 Å². The summed E-state index contributed by atoms with van der Waals surface area (Å²) in [4.78, 5) is 0. The second-order valence-electron chi connectivity index (χ2n) is 16.0. The second-order valence-corrected chi connectivity index (χ2v) is 30.3. The Morgan fingerprint density at radius 1 is 0.347 bits per heavy atom. The van der Waals surface area contributed by atoms with Crippen LogP contribution in [0.1, 0.15) is 220 Å². The van der Waals surface area contributed by atoms with E-state index in [2.05, 4.69) is 27.7 Å².